The molecule has 0 radical (unpaired) electrons. The van der Waals surface area contributed by atoms with Crippen LogP contribution in [0.3, 0.4) is 0 Å². The third-order valence-corrected chi connectivity index (χ3v) is 6.26. The first-order valence-electron chi connectivity index (χ1n) is 11.6. The van der Waals surface area contributed by atoms with Crippen molar-refractivity contribution in [2.75, 3.05) is 0 Å². The van der Waals surface area contributed by atoms with E-state index < -0.39 is 0 Å². The van der Waals surface area contributed by atoms with Gasteiger partial charge < -0.3 is 0 Å². The monoisotopic (exact) mass is 433 g/mol. The van der Waals surface area contributed by atoms with Crippen LogP contribution in [0.15, 0.2) is 140 Å². The van der Waals surface area contributed by atoms with Crippen molar-refractivity contribution in [3.63, 3.8) is 0 Å². The summed E-state index contributed by atoms with van der Waals surface area (Å²) < 4.78 is 0. The quantitative estimate of drug-likeness (QED) is 0.270. The molecule has 34 heavy (non-hydrogen) atoms. The maximum atomic E-state index is 5.24. The zero-order chi connectivity index (χ0) is 22.7. The Kier molecular flexibility index (Phi) is 5.21. The van der Waals surface area contributed by atoms with Crippen molar-refractivity contribution in [3.8, 4) is 44.8 Å². The van der Waals surface area contributed by atoms with E-state index in [1.807, 2.05) is 6.07 Å². The van der Waals surface area contributed by atoms with Crippen LogP contribution in [0.2, 0.25) is 0 Å². The lowest BCUT2D eigenvalue weighted by Gasteiger charge is -2.18. The number of pyridine rings is 1. The Bertz CT molecular complexity index is 1570. The summed E-state index contributed by atoms with van der Waals surface area (Å²) in [6.07, 6.45) is 0. The molecule has 0 N–H and O–H groups in total. The number of rotatable bonds is 4. The Morgan fingerprint density at radius 2 is 0.941 bits per heavy atom. The molecule has 6 aromatic rings. The summed E-state index contributed by atoms with van der Waals surface area (Å²) in [5.74, 6) is 0. The third-order valence-electron chi connectivity index (χ3n) is 6.26. The van der Waals surface area contributed by atoms with Crippen LogP contribution in [0.1, 0.15) is 0 Å². The van der Waals surface area contributed by atoms with Gasteiger partial charge in [-0.15, -0.1) is 0 Å². The van der Waals surface area contributed by atoms with E-state index in [9.17, 15) is 0 Å². The molecule has 0 atom stereocenters. The Labute approximate surface area is 200 Å². The van der Waals surface area contributed by atoms with Crippen molar-refractivity contribution < 1.29 is 0 Å². The molecule has 160 valence electrons. The highest BCUT2D eigenvalue weighted by molar-refractivity contribution is 5.97. The van der Waals surface area contributed by atoms with E-state index in [0.29, 0.717) is 0 Å². The first-order valence-corrected chi connectivity index (χ1v) is 11.6. The second-order valence-electron chi connectivity index (χ2n) is 8.44. The van der Waals surface area contributed by atoms with Gasteiger partial charge in [0.25, 0.3) is 0 Å². The first-order chi connectivity index (χ1) is 16.9. The van der Waals surface area contributed by atoms with E-state index in [1.165, 1.54) is 21.9 Å². The molecule has 0 aliphatic carbocycles. The Hall–Kier alpha value is -4.49. The summed E-state index contributed by atoms with van der Waals surface area (Å²) in [5, 5.41) is 2.48. The molecule has 0 unspecified atom stereocenters. The minimum atomic E-state index is 0.974. The van der Waals surface area contributed by atoms with E-state index >= 15 is 0 Å². The van der Waals surface area contributed by atoms with Gasteiger partial charge in [-0.2, -0.15) is 0 Å². The molecule has 0 fully saturated rings. The summed E-state index contributed by atoms with van der Waals surface area (Å²) in [6, 6.07) is 49.1. The topological polar surface area (TPSA) is 12.9 Å². The van der Waals surface area contributed by atoms with Crippen LogP contribution in [-0.2, 0) is 0 Å². The zero-order valence-electron chi connectivity index (χ0n) is 18.7. The van der Waals surface area contributed by atoms with Crippen LogP contribution in [0.5, 0.6) is 0 Å². The molecule has 5 aromatic carbocycles. The van der Waals surface area contributed by atoms with Crippen molar-refractivity contribution >= 4 is 10.8 Å². The minimum Gasteiger partial charge on any atom is -0.247 e. The molecular formula is C33H23N. The highest BCUT2D eigenvalue weighted by atomic mass is 14.7. The second kappa shape index (κ2) is 8.80. The van der Waals surface area contributed by atoms with E-state index in [1.54, 1.807) is 0 Å². The normalized spacial score (nSPS) is 10.9. The van der Waals surface area contributed by atoms with Gasteiger partial charge in [0.2, 0.25) is 0 Å². The van der Waals surface area contributed by atoms with Gasteiger partial charge in [0.15, 0.2) is 0 Å². The number of hydrogen-bond donors (Lipinski definition) is 0. The molecular weight excluding hydrogens is 410 g/mol. The molecule has 0 bridgehead atoms. The van der Waals surface area contributed by atoms with Gasteiger partial charge in [-0.25, -0.2) is 4.98 Å². The predicted molar refractivity (Wildman–Crippen MR) is 143 cm³/mol. The summed E-state index contributed by atoms with van der Waals surface area (Å²) in [6.45, 7) is 0. The average Bonchev–Trinajstić information content (AvgIpc) is 2.93. The van der Waals surface area contributed by atoms with Gasteiger partial charge in [0.05, 0.1) is 11.4 Å². The lowest BCUT2D eigenvalue weighted by atomic mass is 9.89. The molecule has 1 nitrogen and oxygen atoms in total. The molecule has 1 heteroatoms. The first kappa shape index (κ1) is 20.1. The smallest absolute Gasteiger partial charge is 0.0794 e. The maximum Gasteiger partial charge on any atom is 0.0794 e. The number of nitrogens with zero attached hydrogens (tertiary/aromatic N) is 1. The Morgan fingerprint density at radius 1 is 0.382 bits per heavy atom. The van der Waals surface area contributed by atoms with E-state index in [0.717, 1.165) is 33.6 Å². The van der Waals surface area contributed by atoms with Crippen LogP contribution in [-0.4, -0.2) is 4.98 Å². The zero-order valence-corrected chi connectivity index (χ0v) is 18.7. The molecule has 1 heterocycles. The second-order valence-corrected chi connectivity index (χ2v) is 8.44. The summed E-state index contributed by atoms with van der Waals surface area (Å²) >= 11 is 0. The van der Waals surface area contributed by atoms with Crippen LogP contribution >= 0.6 is 0 Å². The molecule has 0 saturated heterocycles. The van der Waals surface area contributed by atoms with Gasteiger partial charge in [0, 0.05) is 16.7 Å². The number of benzene rings is 5. The van der Waals surface area contributed by atoms with Crippen molar-refractivity contribution in [2.24, 2.45) is 0 Å². The van der Waals surface area contributed by atoms with E-state index in [2.05, 4.69) is 133 Å². The third kappa shape index (κ3) is 3.78. The number of fused-ring (bicyclic) bond motifs is 1. The number of aromatic nitrogens is 1. The lowest BCUT2D eigenvalue weighted by molar-refractivity contribution is 1.32. The van der Waals surface area contributed by atoms with E-state index in [4.69, 9.17) is 4.98 Å². The van der Waals surface area contributed by atoms with Gasteiger partial charge >= 0.3 is 0 Å². The molecule has 6 rings (SSSR count). The fourth-order valence-electron chi connectivity index (χ4n) is 4.59. The van der Waals surface area contributed by atoms with Crippen LogP contribution in [0, 0.1) is 0 Å². The van der Waals surface area contributed by atoms with Crippen LogP contribution < -0.4 is 0 Å². The van der Waals surface area contributed by atoms with Gasteiger partial charge in [0.1, 0.15) is 0 Å². The molecule has 0 aliphatic rings. The molecule has 1 aromatic heterocycles. The van der Waals surface area contributed by atoms with Crippen molar-refractivity contribution in [1.82, 2.24) is 4.98 Å². The lowest BCUT2D eigenvalue weighted by Crippen LogP contribution is -1.97. The maximum absolute atomic E-state index is 5.24. The summed E-state index contributed by atoms with van der Waals surface area (Å²) in [5.41, 5.74) is 8.89. The Morgan fingerprint density at radius 3 is 1.62 bits per heavy atom. The van der Waals surface area contributed by atoms with Gasteiger partial charge in [-0.1, -0.05) is 127 Å². The molecule has 0 aliphatic heterocycles. The average molecular weight is 434 g/mol. The highest BCUT2D eigenvalue weighted by Gasteiger charge is 2.18. The number of hydrogen-bond acceptors (Lipinski definition) is 1. The fraction of sp³-hybridized carbons (Fsp3) is 0. The largest absolute Gasteiger partial charge is 0.247 e. The van der Waals surface area contributed by atoms with Crippen molar-refractivity contribution in [2.45, 2.75) is 0 Å². The standard InChI is InChI=1S/C33H23N/c1-4-13-25(14-5-1)31-23-30(29-21-20-24-12-10-11-19-28(24)22-29)32(26-15-6-2-7-16-26)33(34-31)27-17-8-3-9-18-27/h1-23H. The molecule has 0 saturated carbocycles. The predicted octanol–water partition coefficient (Wildman–Crippen LogP) is 8.90. The van der Waals surface area contributed by atoms with Crippen LogP contribution in [0.4, 0.5) is 0 Å². The van der Waals surface area contributed by atoms with Gasteiger partial charge in [-0.3, -0.25) is 0 Å². The molecule has 0 amide bonds. The van der Waals surface area contributed by atoms with E-state index in [-0.39, 0.29) is 0 Å². The van der Waals surface area contributed by atoms with Crippen LogP contribution in [0.25, 0.3) is 55.5 Å². The SMILES string of the molecule is c1ccc(-c2cc(-c3ccc4ccccc4c3)c(-c3ccccc3)c(-c3ccccc3)n2)cc1. The van der Waals surface area contributed by atoms with Crippen molar-refractivity contribution in [3.05, 3.63) is 140 Å². The fourth-order valence-corrected chi connectivity index (χ4v) is 4.59. The van der Waals surface area contributed by atoms with Crippen molar-refractivity contribution in [1.29, 1.82) is 0 Å². The Balaban J connectivity index is 1.71. The van der Waals surface area contributed by atoms with Gasteiger partial charge in [-0.05, 0) is 39.6 Å². The summed E-state index contributed by atoms with van der Waals surface area (Å²) in [7, 11) is 0. The minimum absolute atomic E-state index is 0.974. The highest BCUT2D eigenvalue weighted by Crippen LogP contribution is 2.41. The molecule has 0 spiro atoms. The summed E-state index contributed by atoms with van der Waals surface area (Å²) in [4.78, 5) is 5.24.